The standard InChI is InChI=1S/C23H24FN5O2S/c1-2-8-27-14-21(13-25-27)32(31)28-9-7-18-10-22-17(11-23(18,15-28)16-30)12-26-29(22)20-5-3-19(24)4-6-20/h3-6,10,12-14,16H,2,7-9,11,15H2,1H3. The molecule has 1 aliphatic carbocycles. The first-order valence-electron chi connectivity index (χ1n) is 10.7. The SMILES string of the molecule is CCCn1cc([S+]([O-])N2CCC3=Cc4c(cnn4-c4ccc(F)cc4)CC3(C=O)C2)cn1. The summed E-state index contributed by atoms with van der Waals surface area (Å²) in [6, 6.07) is 6.19. The fraction of sp³-hybridized carbons (Fsp3) is 0.348. The minimum absolute atomic E-state index is 0.297. The van der Waals surface area contributed by atoms with Gasteiger partial charge in [0.05, 0.1) is 47.1 Å². The van der Waals surface area contributed by atoms with Crippen molar-refractivity contribution >= 4 is 23.7 Å². The number of rotatable bonds is 6. The zero-order valence-corrected chi connectivity index (χ0v) is 18.6. The third-order valence-corrected chi connectivity index (χ3v) is 7.62. The highest BCUT2D eigenvalue weighted by Gasteiger charge is 2.46. The van der Waals surface area contributed by atoms with Crippen molar-refractivity contribution in [1.82, 2.24) is 23.9 Å². The van der Waals surface area contributed by atoms with Gasteiger partial charge in [0.25, 0.3) is 0 Å². The first-order chi connectivity index (χ1) is 15.5. The van der Waals surface area contributed by atoms with Gasteiger partial charge in [-0.15, -0.1) is 4.31 Å². The Bertz CT molecular complexity index is 1170. The van der Waals surface area contributed by atoms with Gasteiger partial charge in [0.15, 0.2) is 0 Å². The Labute approximate surface area is 188 Å². The first kappa shape index (κ1) is 21.1. The van der Waals surface area contributed by atoms with Gasteiger partial charge in [0, 0.05) is 13.1 Å². The van der Waals surface area contributed by atoms with E-state index in [2.05, 4.69) is 17.1 Å². The van der Waals surface area contributed by atoms with E-state index in [0.29, 0.717) is 30.8 Å². The summed E-state index contributed by atoms with van der Waals surface area (Å²) in [6.07, 6.45) is 10.4. The molecule has 5 rings (SSSR count). The number of fused-ring (bicyclic) bond motifs is 2. The molecule has 0 amide bonds. The molecule has 0 bridgehead atoms. The molecule has 7 nitrogen and oxygen atoms in total. The normalized spacial score (nSPS) is 21.5. The summed E-state index contributed by atoms with van der Waals surface area (Å²) in [4.78, 5) is 13.0. The van der Waals surface area contributed by atoms with Gasteiger partial charge < -0.3 is 9.35 Å². The molecule has 0 N–H and O–H groups in total. The fourth-order valence-corrected chi connectivity index (χ4v) is 5.83. The van der Waals surface area contributed by atoms with E-state index < -0.39 is 16.8 Å². The van der Waals surface area contributed by atoms with Crippen LogP contribution in [-0.4, -0.2) is 47.8 Å². The van der Waals surface area contributed by atoms with Crippen LogP contribution in [0.2, 0.25) is 0 Å². The third-order valence-electron chi connectivity index (χ3n) is 6.23. The lowest BCUT2D eigenvalue weighted by Crippen LogP contribution is -2.50. The Morgan fingerprint density at radius 2 is 2.06 bits per heavy atom. The lowest BCUT2D eigenvalue weighted by molar-refractivity contribution is -0.115. The number of carbonyl (C=O) groups is 1. The zero-order valence-electron chi connectivity index (χ0n) is 17.8. The van der Waals surface area contributed by atoms with Crippen molar-refractivity contribution in [3.63, 3.8) is 0 Å². The van der Waals surface area contributed by atoms with Gasteiger partial charge in [-0.05, 0) is 55.2 Å². The van der Waals surface area contributed by atoms with Crippen molar-refractivity contribution < 1.29 is 13.7 Å². The number of halogens is 1. The summed E-state index contributed by atoms with van der Waals surface area (Å²) in [7, 11) is 0. The van der Waals surface area contributed by atoms with E-state index in [1.807, 2.05) is 16.6 Å². The van der Waals surface area contributed by atoms with Crippen LogP contribution in [0.15, 0.2) is 53.3 Å². The molecule has 2 unspecified atom stereocenters. The van der Waals surface area contributed by atoms with E-state index >= 15 is 0 Å². The number of hydrogen-bond acceptors (Lipinski definition) is 5. The maximum absolute atomic E-state index is 13.3. The van der Waals surface area contributed by atoms with Crippen molar-refractivity contribution in [2.75, 3.05) is 13.1 Å². The average molecular weight is 454 g/mol. The van der Waals surface area contributed by atoms with Crippen LogP contribution in [0.25, 0.3) is 11.8 Å². The number of aldehydes is 1. The Hall–Kier alpha value is -2.75. The summed E-state index contributed by atoms with van der Waals surface area (Å²) in [5.41, 5.74) is 2.94. The molecular formula is C23H24FN5O2S. The quantitative estimate of drug-likeness (QED) is 0.423. The summed E-state index contributed by atoms with van der Waals surface area (Å²) in [6.45, 7) is 3.82. The maximum Gasteiger partial charge on any atom is 0.211 e. The zero-order chi connectivity index (χ0) is 22.3. The maximum atomic E-state index is 13.3. The monoisotopic (exact) mass is 453 g/mol. The van der Waals surface area contributed by atoms with Gasteiger partial charge in [-0.25, -0.2) is 9.07 Å². The smallest absolute Gasteiger partial charge is 0.211 e. The number of aromatic nitrogens is 4. The van der Waals surface area contributed by atoms with Gasteiger partial charge in [0.2, 0.25) is 4.90 Å². The molecule has 0 radical (unpaired) electrons. The molecule has 2 aromatic heterocycles. The molecule has 166 valence electrons. The predicted molar refractivity (Wildman–Crippen MR) is 119 cm³/mol. The first-order valence-corrected chi connectivity index (χ1v) is 11.8. The highest BCUT2D eigenvalue weighted by Crippen LogP contribution is 2.44. The molecule has 2 atom stereocenters. The van der Waals surface area contributed by atoms with E-state index in [9.17, 15) is 13.7 Å². The molecule has 0 saturated carbocycles. The van der Waals surface area contributed by atoms with Crippen LogP contribution >= 0.6 is 0 Å². The molecule has 1 saturated heterocycles. The minimum Gasteiger partial charge on any atom is -0.593 e. The number of nitrogens with zero attached hydrogens (tertiary/aromatic N) is 5. The number of carbonyl (C=O) groups excluding carboxylic acids is 1. The van der Waals surface area contributed by atoms with E-state index in [-0.39, 0.29) is 5.82 Å². The number of benzene rings is 1. The summed E-state index contributed by atoms with van der Waals surface area (Å²) < 4.78 is 32.0. The minimum atomic E-state index is -1.37. The van der Waals surface area contributed by atoms with Gasteiger partial charge >= 0.3 is 0 Å². The van der Waals surface area contributed by atoms with Crippen LogP contribution < -0.4 is 0 Å². The van der Waals surface area contributed by atoms with Gasteiger partial charge in [-0.1, -0.05) is 12.5 Å². The molecule has 3 heterocycles. The van der Waals surface area contributed by atoms with E-state index in [4.69, 9.17) is 0 Å². The Balaban J connectivity index is 1.42. The molecule has 1 aromatic carbocycles. The second-order valence-corrected chi connectivity index (χ2v) is 9.85. The number of hydrogen-bond donors (Lipinski definition) is 0. The van der Waals surface area contributed by atoms with Crippen molar-refractivity contribution in [1.29, 1.82) is 0 Å². The molecule has 1 fully saturated rings. The molecule has 1 aliphatic heterocycles. The summed E-state index contributed by atoms with van der Waals surface area (Å²) >= 11 is -1.37. The summed E-state index contributed by atoms with van der Waals surface area (Å²) in [5, 5.41) is 8.78. The highest BCUT2D eigenvalue weighted by atomic mass is 32.2. The van der Waals surface area contributed by atoms with Crippen molar-refractivity contribution in [2.24, 2.45) is 5.41 Å². The van der Waals surface area contributed by atoms with Crippen LogP contribution in [0.3, 0.4) is 0 Å². The summed E-state index contributed by atoms with van der Waals surface area (Å²) in [5.74, 6) is -0.297. The molecule has 2 aliphatic rings. The van der Waals surface area contributed by atoms with E-state index in [1.165, 1.54) is 12.1 Å². The predicted octanol–water partition coefficient (Wildman–Crippen LogP) is 3.17. The Morgan fingerprint density at radius 1 is 1.25 bits per heavy atom. The topological polar surface area (TPSA) is 79.0 Å². The van der Waals surface area contributed by atoms with Gasteiger partial charge in [-0.2, -0.15) is 10.2 Å². The van der Waals surface area contributed by atoms with Crippen molar-refractivity contribution in [3.05, 3.63) is 65.5 Å². The van der Waals surface area contributed by atoms with Crippen LogP contribution in [0.1, 0.15) is 31.0 Å². The largest absolute Gasteiger partial charge is 0.593 e. The molecule has 0 spiro atoms. The second kappa shape index (κ2) is 8.31. The van der Waals surface area contributed by atoms with Crippen LogP contribution in [-0.2, 0) is 29.1 Å². The highest BCUT2D eigenvalue weighted by molar-refractivity contribution is 7.89. The average Bonchev–Trinajstić information content (AvgIpc) is 3.44. The molecule has 9 heteroatoms. The molecule has 32 heavy (non-hydrogen) atoms. The molecular weight excluding hydrogens is 429 g/mol. The van der Waals surface area contributed by atoms with E-state index in [0.717, 1.165) is 41.8 Å². The van der Waals surface area contributed by atoms with Crippen molar-refractivity contribution in [3.8, 4) is 5.69 Å². The third kappa shape index (κ3) is 3.60. The van der Waals surface area contributed by atoms with Gasteiger partial charge in [0.1, 0.15) is 18.3 Å². The van der Waals surface area contributed by atoms with Gasteiger partial charge in [-0.3, -0.25) is 4.68 Å². The van der Waals surface area contributed by atoms with Crippen LogP contribution in [0, 0.1) is 11.2 Å². The van der Waals surface area contributed by atoms with Crippen molar-refractivity contribution in [2.45, 2.75) is 37.6 Å². The fourth-order valence-electron chi connectivity index (χ4n) is 4.58. The second-order valence-electron chi connectivity index (χ2n) is 8.37. The van der Waals surface area contributed by atoms with E-state index in [1.54, 1.807) is 33.9 Å². The lowest BCUT2D eigenvalue weighted by Gasteiger charge is -2.42. The molecule has 3 aromatic rings. The van der Waals surface area contributed by atoms with Crippen LogP contribution in [0.4, 0.5) is 4.39 Å². The number of aryl methyl sites for hydroxylation is 1. The number of piperidine rings is 1. The van der Waals surface area contributed by atoms with Crippen LogP contribution in [0.5, 0.6) is 0 Å². The Morgan fingerprint density at radius 3 is 2.81 bits per heavy atom. The lowest BCUT2D eigenvalue weighted by atomic mass is 9.70. The Kier molecular flexibility index (Phi) is 5.48.